The lowest BCUT2D eigenvalue weighted by molar-refractivity contribution is -0.156. The molecule has 14 heavy (non-hydrogen) atoms. The lowest BCUT2D eigenvalue weighted by Gasteiger charge is -2.13. The predicted octanol–water partition coefficient (Wildman–Crippen LogP) is -1.01. The number of nitrogens with zero attached hydrogens (tertiary/aromatic N) is 2. The number of rotatable bonds is 3. The second-order valence-electron chi connectivity index (χ2n) is 2.86. The Morgan fingerprint density at radius 1 is 1.64 bits per heavy atom. The van der Waals surface area contributed by atoms with Gasteiger partial charge in [-0.1, -0.05) is 0 Å². The molecule has 0 aliphatic heterocycles. The fraction of sp³-hybridized carbons (Fsp3) is 0.500. The Morgan fingerprint density at radius 3 is 2.71 bits per heavy atom. The van der Waals surface area contributed by atoms with Crippen molar-refractivity contribution in [2.45, 2.75) is 12.2 Å². The minimum Gasteiger partial charge on any atom is -0.467 e. The third kappa shape index (κ3) is 2.09. The Hall–Kier alpha value is -1.40. The van der Waals surface area contributed by atoms with Crippen LogP contribution in [0.15, 0.2) is 12.4 Å². The zero-order valence-corrected chi connectivity index (χ0v) is 7.91. The minimum atomic E-state index is -1.58. The second-order valence-corrected chi connectivity index (χ2v) is 2.86. The molecule has 6 heteroatoms. The molecule has 2 atom stereocenters. The predicted molar refractivity (Wildman–Crippen MR) is 46.2 cm³/mol. The number of hydrogen-bond acceptors (Lipinski definition) is 5. The molecule has 1 heterocycles. The Balaban J connectivity index is 2.74. The highest BCUT2D eigenvalue weighted by molar-refractivity contribution is 5.75. The van der Waals surface area contributed by atoms with Crippen LogP contribution in [-0.2, 0) is 16.6 Å². The van der Waals surface area contributed by atoms with Crippen LogP contribution in [0.3, 0.4) is 0 Å². The van der Waals surface area contributed by atoms with Crippen molar-refractivity contribution in [1.82, 2.24) is 9.78 Å². The largest absolute Gasteiger partial charge is 0.467 e. The first kappa shape index (κ1) is 10.7. The molecule has 78 valence electrons. The molecule has 0 bridgehead atoms. The van der Waals surface area contributed by atoms with E-state index in [-0.39, 0.29) is 0 Å². The number of methoxy groups -OCH3 is 1. The van der Waals surface area contributed by atoms with Gasteiger partial charge in [0.25, 0.3) is 0 Å². The minimum absolute atomic E-state index is 0.366. The van der Waals surface area contributed by atoms with Gasteiger partial charge in [0.05, 0.1) is 13.3 Å². The molecular weight excluding hydrogens is 188 g/mol. The van der Waals surface area contributed by atoms with Gasteiger partial charge in [0.1, 0.15) is 6.10 Å². The fourth-order valence-corrected chi connectivity index (χ4v) is 1.02. The first-order valence-corrected chi connectivity index (χ1v) is 3.98. The van der Waals surface area contributed by atoms with E-state index < -0.39 is 18.2 Å². The van der Waals surface area contributed by atoms with Crippen LogP contribution in [0.4, 0.5) is 0 Å². The third-order valence-electron chi connectivity index (χ3n) is 1.81. The monoisotopic (exact) mass is 200 g/mol. The Labute approximate surface area is 80.7 Å². The molecule has 0 aliphatic rings. The molecule has 0 saturated heterocycles. The lowest BCUT2D eigenvalue weighted by Crippen LogP contribution is -2.28. The van der Waals surface area contributed by atoms with Crippen LogP contribution in [-0.4, -0.2) is 39.2 Å². The topological polar surface area (TPSA) is 84.6 Å². The maximum atomic E-state index is 10.9. The number of esters is 1. The first-order chi connectivity index (χ1) is 6.56. The van der Waals surface area contributed by atoms with Crippen molar-refractivity contribution in [3.05, 3.63) is 18.0 Å². The number of hydrogen-bond donors (Lipinski definition) is 2. The molecule has 0 radical (unpaired) electrons. The van der Waals surface area contributed by atoms with Gasteiger partial charge in [-0.25, -0.2) is 4.79 Å². The van der Waals surface area contributed by atoms with Gasteiger partial charge in [-0.05, 0) is 0 Å². The Bertz CT molecular complexity index is 323. The van der Waals surface area contributed by atoms with E-state index in [0.717, 1.165) is 7.11 Å². The summed E-state index contributed by atoms with van der Waals surface area (Å²) in [6.07, 6.45) is -0.00597. The molecule has 1 aromatic heterocycles. The van der Waals surface area contributed by atoms with E-state index in [0.29, 0.717) is 5.56 Å². The summed E-state index contributed by atoms with van der Waals surface area (Å²) in [6, 6.07) is 0. The smallest absolute Gasteiger partial charge is 0.337 e. The van der Waals surface area contributed by atoms with Crippen molar-refractivity contribution >= 4 is 5.97 Å². The molecule has 1 aromatic rings. The second kappa shape index (κ2) is 4.21. The van der Waals surface area contributed by atoms with Gasteiger partial charge in [0.2, 0.25) is 0 Å². The number of carbonyl (C=O) groups is 1. The average Bonchev–Trinajstić information content (AvgIpc) is 2.61. The van der Waals surface area contributed by atoms with Crippen LogP contribution in [0.2, 0.25) is 0 Å². The van der Waals surface area contributed by atoms with Crippen molar-refractivity contribution in [2.24, 2.45) is 7.05 Å². The summed E-state index contributed by atoms with van der Waals surface area (Å²) in [5.74, 6) is -0.874. The quantitative estimate of drug-likeness (QED) is 0.610. The van der Waals surface area contributed by atoms with Crippen molar-refractivity contribution in [3.63, 3.8) is 0 Å². The fourth-order valence-electron chi connectivity index (χ4n) is 1.02. The molecule has 2 unspecified atom stereocenters. The van der Waals surface area contributed by atoms with E-state index in [1.165, 1.54) is 17.1 Å². The van der Waals surface area contributed by atoms with Crippen LogP contribution in [0.5, 0.6) is 0 Å². The Kier molecular flexibility index (Phi) is 3.21. The SMILES string of the molecule is COC(=O)C(O)C(O)c1cnn(C)c1. The highest BCUT2D eigenvalue weighted by atomic mass is 16.5. The van der Waals surface area contributed by atoms with E-state index in [9.17, 15) is 15.0 Å². The lowest BCUT2D eigenvalue weighted by atomic mass is 10.1. The maximum absolute atomic E-state index is 10.9. The molecule has 0 saturated carbocycles. The molecule has 0 fully saturated rings. The number of aliphatic hydroxyl groups excluding tert-OH is 2. The summed E-state index contributed by atoms with van der Waals surface area (Å²) in [6.45, 7) is 0. The van der Waals surface area contributed by atoms with Crippen LogP contribution in [0.25, 0.3) is 0 Å². The normalized spacial score (nSPS) is 14.9. The van der Waals surface area contributed by atoms with Gasteiger partial charge in [-0.3, -0.25) is 4.68 Å². The van der Waals surface area contributed by atoms with E-state index >= 15 is 0 Å². The molecule has 2 N–H and O–H groups in total. The molecule has 6 nitrogen and oxygen atoms in total. The Morgan fingerprint density at radius 2 is 2.29 bits per heavy atom. The molecule has 0 amide bonds. The zero-order chi connectivity index (χ0) is 10.7. The van der Waals surface area contributed by atoms with Gasteiger partial charge in [-0.15, -0.1) is 0 Å². The van der Waals surface area contributed by atoms with Crippen molar-refractivity contribution in [2.75, 3.05) is 7.11 Å². The highest BCUT2D eigenvalue weighted by Gasteiger charge is 2.27. The van der Waals surface area contributed by atoms with Gasteiger partial charge in [0, 0.05) is 18.8 Å². The summed E-state index contributed by atoms with van der Waals surface area (Å²) in [7, 11) is 2.81. The van der Waals surface area contributed by atoms with Crippen LogP contribution in [0.1, 0.15) is 11.7 Å². The third-order valence-corrected chi connectivity index (χ3v) is 1.81. The number of ether oxygens (including phenoxy) is 1. The average molecular weight is 200 g/mol. The van der Waals surface area contributed by atoms with Crippen LogP contribution >= 0.6 is 0 Å². The zero-order valence-electron chi connectivity index (χ0n) is 7.91. The summed E-state index contributed by atoms with van der Waals surface area (Å²) in [5, 5.41) is 22.6. The van der Waals surface area contributed by atoms with E-state index in [1.807, 2.05) is 0 Å². The van der Waals surface area contributed by atoms with E-state index in [2.05, 4.69) is 9.84 Å². The van der Waals surface area contributed by atoms with Gasteiger partial charge in [-0.2, -0.15) is 5.10 Å². The van der Waals surface area contributed by atoms with Crippen LogP contribution < -0.4 is 0 Å². The number of aryl methyl sites for hydroxylation is 1. The van der Waals surface area contributed by atoms with Gasteiger partial charge >= 0.3 is 5.97 Å². The first-order valence-electron chi connectivity index (χ1n) is 3.98. The van der Waals surface area contributed by atoms with E-state index in [4.69, 9.17) is 0 Å². The van der Waals surface area contributed by atoms with Crippen LogP contribution in [0, 0.1) is 0 Å². The standard InChI is InChI=1S/C8H12N2O4/c1-10-4-5(3-9-10)6(11)7(12)8(13)14-2/h3-4,6-7,11-12H,1-2H3. The van der Waals surface area contributed by atoms with Crippen molar-refractivity contribution in [3.8, 4) is 0 Å². The summed E-state index contributed by atoms with van der Waals surface area (Å²) < 4.78 is 5.75. The molecule has 0 spiro atoms. The molecule has 1 rings (SSSR count). The van der Waals surface area contributed by atoms with Gasteiger partial charge < -0.3 is 14.9 Å². The number of carbonyl (C=O) groups excluding carboxylic acids is 1. The maximum Gasteiger partial charge on any atom is 0.337 e. The summed E-state index contributed by atoms with van der Waals surface area (Å²) >= 11 is 0. The molecule has 0 aliphatic carbocycles. The van der Waals surface area contributed by atoms with Crippen molar-refractivity contribution < 1.29 is 19.7 Å². The van der Waals surface area contributed by atoms with Crippen molar-refractivity contribution in [1.29, 1.82) is 0 Å². The molecular formula is C8H12N2O4. The summed E-state index contributed by atoms with van der Waals surface area (Å²) in [5.41, 5.74) is 0.366. The molecule has 0 aromatic carbocycles. The van der Waals surface area contributed by atoms with Gasteiger partial charge in [0.15, 0.2) is 6.10 Å². The number of aliphatic hydroxyl groups is 2. The summed E-state index contributed by atoms with van der Waals surface area (Å²) in [4.78, 5) is 10.9. The number of aromatic nitrogens is 2. The van der Waals surface area contributed by atoms with E-state index in [1.54, 1.807) is 7.05 Å². The highest BCUT2D eigenvalue weighted by Crippen LogP contribution is 2.16.